The molecule has 0 fully saturated rings. The summed E-state index contributed by atoms with van der Waals surface area (Å²) in [5.74, 6) is -2.76. The van der Waals surface area contributed by atoms with Gasteiger partial charge in [0, 0.05) is 0 Å². The fourth-order valence-corrected chi connectivity index (χ4v) is 0.797. The van der Waals surface area contributed by atoms with Crippen LogP contribution in [0.15, 0.2) is 6.07 Å². The number of nitrogens with two attached hydrogens (primary N) is 2. The lowest BCUT2D eigenvalue weighted by molar-refractivity contribution is -0.384. The second-order valence-corrected chi connectivity index (χ2v) is 2.28. The van der Waals surface area contributed by atoms with Gasteiger partial charge in [-0.25, -0.2) is 8.78 Å². The van der Waals surface area contributed by atoms with Crippen LogP contribution in [0.25, 0.3) is 0 Å². The lowest BCUT2D eigenvalue weighted by Crippen LogP contribution is -2.04. The van der Waals surface area contributed by atoms with Crippen molar-refractivity contribution in [2.75, 3.05) is 11.5 Å². The van der Waals surface area contributed by atoms with Crippen molar-refractivity contribution >= 4 is 17.1 Å². The average Bonchev–Trinajstić information content (AvgIpc) is 2.07. The number of hydrogen-bond donors (Lipinski definition) is 2. The van der Waals surface area contributed by atoms with Crippen LogP contribution in [-0.4, -0.2) is 4.92 Å². The van der Waals surface area contributed by atoms with Gasteiger partial charge in [0.15, 0.2) is 11.6 Å². The van der Waals surface area contributed by atoms with Gasteiger partial charge in [-0.3, -0.25) is 10.1 Å². The van der Waals surface area contributed by atoms with Gasteiger partial charge in [-0.05, 0) is 0 Å². The monoisotopic (exact) mass is 189 g/mol. The molecule has 1 aromatic rings. The summed E-state index contributed by atoms with van der Waals surface area (Å²) in [7, 11) is 0. The topological polar surface area (TPSA) is 95.2 Å². The van der Waals surface area contributed by atoms with Crippen molar-refractivity contribution in [3.05, 3.63) is 27.8 Å². The Morgan fingerprint density at radius 2 is 1.85 bits per heavy atom. The van der Waals surface area contributed by atoms with Crippen LogP contribution in [0.2, 0.25) is 0 Å². The van der Waals surface area contributed by atoms with Gasteiger partial charge in [0.2, 0.25) is 0 Å². The minimum absolute atomic E-state index is 0.390. The first-order valence-electron chi connectivity index (χ1n) is 3.12. The van der Waals surface area contributed by atoms with E-state index in [1.165, 1.54) is 0 Å². The number of anilines is 2. The number of hydrogen-bond acceptors (Lipinski definition) is 4. The van der Waals surface area contributed by atoms with Crippen LogP contribution < -0.4 is 11.5 Å². The molecule has 0 aromatic heterocycles. The van der Waals surface area contributed by atoms with E-state index in [0.29, 0.717) is 6.07 Å². The molecule has 0 saturated carbocycles. The quantitative estimate of drug-likeness (QED) is 0.392. The maximum absolute atomic E-state index is 12.6. The fraction of sp³-hybridized carbons (Fsp3) is 0. The highest BCUT2D eigenvalue weighted by atomic mass is 19.2. The van der Waals surface area contributed by atoms with E-state index in [2.05, 4.69) is 0 Å². The van der Waals surface area contributed by atoms with Crippen LogP contribution in [0.5, 0.6) is 0 Å². The van der Waals surface area contributed by atoms with Crippen molar-refractivity contribution in [3.63, 3.8) is 0 Å². The number of nitro benzene ring substituents is 1. The Bertz CT molecular complexity index is 381. The minimum Gasteiger partial charge on any atom is -0.394 e. The van der Waals surface area contributed by atoms with Gasteiger partial charge in [0.1, 0.15) is 11.4 Å². The molecule has 70 valence electrons. The van der Waals surface area contributed by atoms with Crippen LogP contribution in [0.4, 0.5) is 25.8 Å². The Labute approximate surface area is 71.1 Å². The van der Waals surface area contributed by atoms with Crippen molar-refractivity contribution in [1.29, 1.82) is 0 Å². The minimum atomic E-state index is -1.39. The molecular weight excluding hydrogens is 184 g/mol. The molecule has 0 bridgehead atoms. The summed E-state index contributed by atoms with van der Waals surface area (Å²) in [5, 5.41) is 10.2. The molecule has 0 aliphatic carbocycles. The number of nitrogen functional groups attached to an aromatic ring is 2. The summed E-state index contributed by atoms with van der Waals surface area (Å²) in [6.07, 6.45) is 0. The maximum Gasteiger partial charge on any atom is 0.297 e. The first-order chi connectivity index (χ1) is 5.95. The van der Waals surface area contributed by atoms with Crippen LogP contribution in [0, 0.1) is 21.7 Å². The molecule has 5 nitrogen and oxygen atoms in total. The molecule has 0 unspecified atom stereocenters. The number of benzene rings is 1. The Balaban J connectivity index is 3.50. The second-order valence-electron chi connectivity index (χ2n) is 2.28. The number of rotatable bonds is 1. The molecule has 1 rings (SSSR count). The number of nitrogens with zero attached hydrogens (tertiary/aromatic N) is 1. The summed E-state index contributed by atoms with van der Waals surface area (Å²) < 4.78 is 25.2. The average molecular weight is 189 g/mol. The third kappa shape index (κ3) is 1.35. The van der Waals surface area contributed by atoms with E-state index in [1.807, 2.05) is 0 Å². The number of halogens is 2. The molecule has 13 heavy (non-hydrogen) atoms. The standard InChI is InChI=1S/C6H5F2N3O2/c7-2-1-3(11(12)13)5(9)6(10)4(2)8/h1H,9-10H2. The van der Waals surface area contributed by atoms with E-state index in [9.17, 15) is 18.9 Å². The highest BCUT2D eigenvalue weighted by molar-refractivity contribution is 5.74. The van der Waals surface area contributed by atoms with E-state index >= 15 is 0 Å². The first-order valence-corrected chi connectivity index (χ1v) is 3.12. The SMILES string of the molecule is Nc1c([N+](=O)[O-])cc(F)c(F)c1N. The zero-order valence-electron chi connectivity index (χ0n) is 6.25. The summed E-state index contributed by atoms with van der Waals surface area (Å²) >= 11 is 0. The van der Waals surface area contributed by atoms with Crippen molar-refractivity contribution in [3.8, 4) is 0 Å². The van der Waals surface area contributed by atoms with Crippen LogP contribution in [-0.2, 0) is 0 Å². The Kier molecular flexibility index (Phi) is 2.01. The first kappa shape index (κ1) is 9.17. The van der Waals surface area contributed by atoms with E-state index < -0.39 is 33.6 Å². The van der Waals surface area contributed by atoms with Gasteiger partial charge in [0.05, 0.1) is 11.0 Å². The van der Waals surface area contributed by atoms with E-state index in [4.69, 9.17) is 11.5 Å². The molecule has 0 aliphatic rings. The van der Waals surface area contributed by atoms with Crippen molar-refractivity contribution in [2.24, 2.45) is 0 Å². The van der Waals surface area contributed by atoms with Gasteiger partial charge in [-0.15, -0.1) is 0 Å². The van der Waals surface area contributed by atoms with Crippen molar-refractivity contribution in [2.45, 2.75) is 0 Å². The van der Waals surface area contributed by atoms with Gasteiger partial charge in [0.25, 0.3) is 5.69 Å². The largest absolute Gasteiger partial charge is 0.394 e. The third-order valence-corrected chi connectivity index (χ3v) is 1.47. The molecule has 1 aromatic carbocycles. The third-order valence-electron chi connectivity index (χ3n) is 1.47. The molecule has 0 heterocycles. The zero-order valence-corrected chi connectivity index (χ0v) is 6.25. The summed E-state index contributed by atoms with van der Waals surface area (Å²) in [6.45, 7) is 0. The van der Waals surface area contributed by atoms with Gasteiger partial charge in [-0.1, -0.05) is 0 Å². The normalized spacial score (nSPS) is 10.0. The molecule has 0 spiro atoms. The lowest BCUT2D eigenvalue weighted by atomic mass is 10.2. The molecule has 0 radical (unpaired) electrons. The molecule has 7 heteroatoms. The Morgan fingerprint density at radius 1 is 1.31 bits per heavy atom. The molecule has 0 amide bonds. The second kappa shape index (κ2) is 2.85. The van der Waals surface area contributed by atoms with E-state index in [1.54, 1.807) is 0 Å². The molecule has 0 aliphatic heterocycles. The molecule has 0 atom stereocenters. The molecular formula is C6H5F2N3O2. The highest BCUT2D eigenvalue weighted by Gasteiger charge is 2.21. The van der Waals surface area contributed by atoms with Crippen molar-refractivity contribution in [1.82, 2.24) is 0 Å². The molecule has 4 N–H and O–H groups in total. The molecule has 0 saturated heterocycles. The lowest BCUT2D eigenvalue weighted by Gasteiger charge is -2.02. The highest BCUT2D eigenvalue weighted by Crippen LogP contribution is 2.31. The number of nitro groups is 1. The Morgan fingerprint density at radius 3 is 2.31 bits per heavy atom. The maximum atomic E-state index is 12.6. The summed E-state index contributed by atoms with van der Waals surface area (Å²) in [4.78, 5) is 9.28. The Hall–Kier alpha value is -1.92. The van der Waals surface area contributed by atoms with E-state index in [-0.39, 0.29) is 0 Å². The van der Waals surface area contributed by atoms with Crippen LogP contribution >= 0.6 is 0 Å². The predicted octanol–water partition coefficient (Wildman–Crippen LogP) is 1.04. The van der Waals surface area contributed by atoms with Crippen LogP contribution in [0.1, 0.15) is 0 Å². The smallest absolute Gasteiger partial charge is 0.297 e. The van der Waals surface area contributed by atoms with Gasteiger partial charge in [-0.2, -0.15) is 0 Å². The predicted molar refractivity (Wildman–Crippen MR) is 41.8 cm³/mol. The van der Waals surface area contributed by atoms with Crippen molar-refractivity contribution < 1.29 is 13.7 Å². The zero-order chi connectivity index (χ0) is 10.2. The fourth-order valence-electron chi connectivity index (χ4n) is 0.797. The summed E-state index contributed by atoms with van der Waals surface area (Å²) in [5.41, 5.74) is 8.01. The van der Waals surface area contributed by atoms with Crippen LogP contribution in [0.3, 0.4) is 0 Å². The van der Waals surface area contributed by atoms with E-state index in [0.717, 1.165) is 0 Å². The summed E-state index contributed by atoms with van der Waals surface area (Å²) in [6, 6.07) is 0.390. The van der Waals surface area contributed by atoms with Gasteiger partial charge < -0.3 is 11.5 Å². The van der Waals surface area contributed by atoms with Gasteiger partial charge >= 0.3 is 0 Å².